The van der Waals surface area contributed by atoms with Crippen LogP contribution in [0.5, 0.6) is 0 Å². The van der Waals surface area contributed by atoms with E-state index >= 15 is 0 Å². The Morgan fingerprint density at radius 3 is 2.36 bits per heavy atom. The molecule has 3 rings (SSSR count). The quantitative estimate of drug-likeness (QED) is 0.802. The summed E-state index contributed by atoms with van der Waals surface area (Å²) in [7, 11) is 0. The van der Waals surface area contributed by atoms with Crippen LogP contribution in [0.15, 0.2) is 30.3 Å². The van der Waals surface area contributed by atoms with Crippen molar-refractivity contribution >= 4 is 11.9 Å². The fourth-order valence-corrected chi connectivity index (χ4v) is 3.07. The molecular weight excluding hydrogens is 318 g/mol. The largest absolute Gasteiger partial charge is 0.452 e. The van der Waals surface area contributed by atoms with Crippen molar-refractivity contribution in [3.8, 4) is 5.69 Å². The summed E-state index contributed by atoms with van der Waals surface area (Å²) in [6.45, 7) is 5.24. The second-order valence-electron chi connectivity index (χ2n) is 6.40. The van der Waals surface area contributed by atoms with Crippen LogP contribution in [-0.2, 0) is 9.53 Å². The van der Waals surface area contributed by atoms with Gasteiger partial charge in [-0.3, -0.25) is 4.79 Å². The second kappa shape index (κ2) is 7.51. The summed E-state index contributed by atoms with van der Waals surface area (Å²) in [4.78, 5) is 26.0. The van der Waals surface area contributed by atoms with Gasteiger partial charge in [0.2, 0.25) is 0 Å². The minimum absolute atomic E-state index is 0.118. The van der Waals surface area contributed by atoms with E-state index in [1.54, 1.807) is 17.0 Å². The highest BCUT2D eigenvalue weighted by molar-refractivity contribution is 5.91. The Hall–Kier alpha value is -2.63. The van der Waals surface area contributed by atoms with E-state index in [9.17, 15) is 9.59 Å². The van der Waals surface area contributed by atoms with Gasteiger partial charge in [-0.15, -0.1) is 0 Å². The first-order chi connectivity index (χ1) is 12.0. The van der Waals surface area contributed by atoms with E-state index in [4.69, 9.17) is 4.74 Å². The Kier molecular flexibility index (Phi) is 5.16. The van der Waals surface area contributed by atoms with Crippen molar-refractivity contribution in [3.63, 3.8) is 0 Å². The molecule has 0 aliphatic carbocycles. The molecule has 132 valence electrons. The second-order valence-corrected chi connectivity index (χ2v) is 6.40. The van der Waals surface area contributed by atoms with Gasteiger partial charge in [-0.05, 0) is 63.4 Å². The van der Waals surface area contributed by atoms with Crippen molar-refractivity contribution < 1.29 is 14.3 Å². The van der Waals surface area contributed by atoms with E-state index in [0.717, 1.165) is 49.4 Å². The lowest BCUT2D eigenvalue weighted by molar-refractivity contribution is -0.135. The van der Waals surface area contributed by atoms with Crippen molar-refractivity contribution in [3.05, 3.63) is 47.3 Å². The highest BCUT2D eigenvalue weighted by atomic mass is 16.5. The van der Waals surface area contributed by atoms with Crippen molar-refractivity contribution in [2.75, 3.05) is 19.7 Å². The number of aromatic nitrogens is 2. The zero-order valence-corrected chi connectivity index (χ0v) is 14.7. The third-order valence-corrected chi connectivity index (χ3v) is 4.39. The van der Waals surface area contributed by atoms with Crippen LogP contribution in [0, 0.1) is 13.8 Å². The first kappa shape index (κ1) is 17.2. The molecule has 6 nitrogen and oxygen atoms in total. The topological polar surface area (TPSA) is 64.4 Å². The summed E-state index contributed by atoms with van der Waals surface area (Å²) in [6.07, 6.45) is 3.20. The normalized spacial score (nSPS) is 14.4. The first-order valence-electron chi connectivity index (χ1n) is 8.63. The first-order valence-corrected chi connectivity index (χ1v) is 8.63. The maximum Gasteiger partial charge on any atom is 0.338 e. The summed E-state index contributed by atoms with van der Waals surface area (Å²) in [6, 6.07) is 9.03. The molecule has 0 saturated carbocycles. The number of aryl methyl sites for hydroxylation is 2. The number of piperidine rings is 1. The predicted molar refractivity (Wildman–Crippen MR) is 93.8 cm³/mol. The third kappa shape index (κ3) is 4.07. The molecule has 0 radical (unpaired) electrons. The predicted octanol–water partition coefficient (Wildman–Crippen LogP) is 2.66. The molecule has 1 aromatic carbocycles. The number of ether oxygens (including phenoxy) is 1. The molecule has 1 fully saturated rings. The smallest absolute Gasteiger partial charge is 0.338 e. The Bertz CT molecular complexity index is 759. The van der Waals surface area contributed by atoms with E-state index in [1.165, 1.54) is 0 Å². The minimum Gasteiger partial charge on any atom is -0.452 e. The molecule has 6 heteroatoms. The van der Waals surface area contributed by atoms with Gasteiger partial charge in [0.25, 0.3) is 5.91 Å². The molecule has 0 unspecified atom stereocenters. The van der Waals surface area contributed by atoms with Crippen LogP contribution in [0.25, 0.3) is 5.69 Å². The van der Waals surface area contributed by atoms with Crippen LogP contribution in [-0.4, -0.2) is 46.3 Å². The number of likely N-dealkylation sites (tertiary alicyclic amines) is 1. The van der Waals surface area contributed by atoms with Crippen LogP contribution < -0.4 is 0 Å². The average Bonchev–Trinajstić information content (AvgIpc) is 2.98. The molecule has 0 N–H and O–H groups in total. The number of carbonyl (C=O) groups is 2. The van der Waals surface area contributed by atoms with Gasteiger partial charge in [-0.1, -0.05) is 0 Å². The highest BCUT2D eigenvalue weighted by Crippen LogP contribution is 2.14. The van der Waals surface area contributed by atoms with Crippen LogP contribution in [0.1, 0.15) is 41.0 Å². The molecule has 2 aromatic rings. The lowest BCUT2D eigenvalue weighted by atomic mass is 10.1. The van der Waals surface area contributed by atoms with Crippen molar-refractivity contribution in [2.45, 2.75) is 33.1 Å². The molecule has 0 atom stereocenters. The fourth-order valence-electron chi connectivity index (χ4n) is 3.07. The lowest BCUT2D eigenvalue weighted by Gasteiger charge is -2.26. The van der Waals surface area contributed by atoms with Crippen molar-refractivity contribution in [1.82, 2.24) is 14.7 Å². The van der Waals surface area contributed by atoms with E-state index in [2.05, 4.69) is 5.10 Å². The van der Waals surface area contributed by atoms with Crippen molar-refractivity contribution in [2.24, 2.45) is 0 Å². The number of nitrogens with zero attached hydrogens (tertiary/aromatic N) is 3. The Morgan fingerprint density at radius 1 is 1.08 bits per heavy atom. The Balaban J connectivity index is 1.59. The van der Waals surface area contributed by atoms with Crippen molar-refractivity contribution in [1.29, 1.82) is 0 Å². The van der Waals surface area contributed by atoms with Gasteiger partial charge in [0.15, 0.2) is 6.61 Å². The number of hydrogen-bond acceptors (Lipinski definition) is 4. The van der Waals surface area contributed by atoms with Crippen LogP contribution in [0.2, 0.25) is 0 Å². The van der Waals surface area contributed by atoms with Gasteiger partial charge in [-0.2, -0.15) is 5.10 Å². The third-order valence-electron chi connectivity index (χ3n) is 4.39. The van der Waals surface area contributed by atoms with Gasteiger partial charge >= 0.3 is 5.97 Å². The lowest BCUT2D eigenvalue weighted by Crippen LogP contribution is -2.38. The number of rotatable bonds is 4. The number of hydrogen-bond donors (Lipinski definition) is 0. The molecule has 2 heterocycles. The number of carbonyl (C=O) groups excluding carboxylic acids is 2. The zero-order chi connectivity index (χ0) is 17.8. The monoisotopic (exact) mass is 341 g/mol. The van der Waals surface area contributed by atoms with Gasteiger partial charge in [0.1, 0.15) is 0 Å². The number of benzene rings is 1. The maximum atomic E-state index is 12.1. The summed E-state index contributed by atoms with van der Waals surface area (Å²) in [5, 5.41) is 4.42. The molecule has 1 saturated heterocycles. The maximum absolute atomic E-state index is 12.1. The fraction of sp³-hybridized carbons (Fsp3) is 0.421. The van der Waals surface area contributed by atoms with Crippen LogP contribution in [0.4, 0.5) is 0 Å². The molecular formula is C19H23N3O3. The highest BCUT2D eigenvalue weighted by Gasteiger charge is 2.18. The number of amides is 1. The number of esters is 1. The van der Waals surface area contributed by atoms with E-state index in [1.807, 2.05) is 36.7 Å². The molecule has 25 heavy (non-hydrogen) atoms. The van der Waals surface area contributed by atoms with Gasteiger partial charge in [0, 0.05) is 18.8 Å². The SMILES string of the molecule is Cc1cc(C)n(-c2ccc(C(=O)OCC(=O)N3CCCCC3)cc2)n1. The summed E-state index contributed by atoms with van der Waals surface area (Å²) >= 11 is 0. The van der Waals surface area contributed by atoms with E-state index in [0.29, 0.717) is 5.56 Å². The average molecular weight is 341 g/mol. The molecule has 1 aliphatic heterocycles. The zero-order valence-electron chi connectivity index (χ0n) is 14.7. The molecule has 1 aromatic heterocycles. The van der Waals surface area contributed by atoms with Crippen LogP contribution in [0.3, 0.4) is 0 Å². The summed E-state index contributed by atoms with van der Waals surface area (Å²) < 4.78 is 6.99. The molecule has 1 aliphatic rings. The molecule has 0 spiro atoms. The molecule has 0 bridgehead atoms. The minimum atomic E-state index is -0.481. The Labute approximate surface area is 147 Å². The van der Waals surface area contributed by atoms with E-state index < -0.39 is 5.97 Å². The van der Waals surface area contributed by atoms with Gasteiger partial charge in [-0.25, -0.2) is 9.48 Å². The standard InChI is InChI=1S/C19H23N3O3/c1-14-12-15(2)22(20-14)17-8-6-16(7-9-17)19(24)25-13-18(23)21-10-4-3-5-11-21/h6-9,12H,3-5,10-11,13H2,1-2H3. The van der Waals surface area contributed by atoms with Gasteiger partial charge in [0.05, 0.1) is 16.9 Å². The Morgan fingerprint density at radius 2 is 1.76 bits per heavy atom. The molecule has 1 amide bonds. The van der Waals surface area contributed by atoms with Crippen LogP contribution >= 0.6 is 0 Å². The van der Waals surface area contributed by atoms with Gasteiger partial charge < -0.3 is 9.64 Å². The summed E-state index contributed by atoms with van der Waals surface area (Å²) in [5.74, 6) is -0.599. The summed E-state index contributed by atoms with van der Waals surface area (Å²) in [5.41, 5.74) is 3.28. The van der Waals surface area contributed by atoms with E-state index in [-0.39, 0.29) is 12.5 Å².